The molecule has 1 N–H and O–H groups in total. The molecule has 0 aliphatic carbocycles. The standard InChI is InChI=1S/C12H22O5S/c1-18(14,15)9-11(13)10-2-5-17-12(8-10)3-6-16-7-4-12/h10-11,13H,2-9H2,1H3. The first-order valence-electron chi connectivity index (χ1n) is 6.48. The van der Waals surface area contributed by atoms with Crippen molar-refractivity contribution in [2.45, 2.75) is 37.4 Å². The Bertz CT molecular complexity index is 366. The van der Waals surface area contributed by atoms with Gasteiger partial charge in [0.15, 0.2) is 0 Å². The highest BCUT2D eigenvalue weighted by Gasteiger charge is 2.41. The normalized spacial score (nSPS) is 30.2. The third kappa shape index (κ3) is 3.66. The zero-order valence-electron chi connectivity index (χ0n) is 10.8. The summed E-state index contributed by atoms with van der Waals surface area (Å²) in [5.74, 6) is -0.129. The van der Waals surface area contributed by atoms with Crippen molar-refractivity contribution < 1.29 is 23.0 Å². The highest BCUT2D eigenvalue weighted by atomic mass is 32.2. The van der Waals surface area contributed by atoms with Gasteiger partial charge in [-0.3, -0.25) is 0 Å². The molecule has 2 aliphatic rings. The summed E-state index contributed by atoms with van der Waals surface area (Å²) in [6, 6.07) is 0. The van der Waals surface area contributed by atoms with E-state index in [1.54, 1.807) is 0 Å². The average Bonchev–Trinajstić information content (AvgIpc) is 2.28. The van der Waals surface area contributed by atoms with Crippen molar-refractivity contribution >= 4 is 9.84 Å². The van der Waals surface area contributed by atoms with Gasteiger partial charge < -0.3 is 14.6 Å². The molecule has 0 saturated carbocycles. The van der Waals surface area contributed by atoms with E-state index in [9.17, 15) is 13.5 Å². The second-order valence-electron chi connectivity index (χ2n) is 5.56. The number of aliphatic hydroxyl groups is 1. The minimum absolute atomic E-state index is 0.0200. The fourth-order valence-corrected chi connectivity index (χ4v) is 3.82. The van der Waals surface area contributed by atoms with Gasteiger partial charge in [0.2, 0.25) is 0 Å². The molecule has 18 heavy (non-hydrogen) atoms. The van der Waals surface area contributed by atoms with Crippen LogP contribution in [0.4, 0.5) is 0 Å². The molecule has 0 aromatic rings. The van der Waals surface area contributed by atoms with Crippen LogP contribution in [0.15, 0.2) is 0 Å². The molecule has 0 aromatic carbocycles. The maximum atomic E-state index is 11.2. The second-order valence-corrected chi connectivity index (χ2v) is 7.74. The van der Waals surface area contributed by atoms with E-state index < -0.39 is 15.9 Å². The van der Waals surface area contributed by atoms with Crippen LogP contribution < -0.4 is 0 Å². The van der Waals surface area contributed by atoms with E-state index in [1.807, 2.05) is 0 Å². The lowest BCUT2D eigenvalue weighted by molar-refractivity contribution is -0.156. The topological polar surface area (TPSA) is 72.8 Å². The molecule has 2 aliphatic heterocycles. The highest BCUT2D eigenvalue weighted by molar-refractivity contribution is 7.90. The zero-order chi connectivity index (χ0) is 13.2. The fraction of sp³-hybridized carbons (Fsp3) is 1.00. The molecule has 5 nitrogen and oxygen atoms in total. The molecule has 2 heterocycles. The Morgan fingerprint density at radius 1 is 1.33 bits per heavy atom. The van der Waals surface area contributed by atoms with E-state index in [2.05, 4.69) is 0 Å². The zero-order valence-corrected chi connectivity index (χ0v) is 11.6. The Morgan fingerprint density at radius 3 is 2.61 bits per heavy atom. The number of hydrogen-bond acceptors (Lipinski definition) is 5. The number of ether oxygens (including phenoxy) is 2. The minimum atomic E-state index is -3.13. The summed E-state index contributed by atoms with van der Waals surface area (Å²) in [4.78, 5) is 0. The summed E-state index contributed by atoms with van der Waals surface area (Å²) in [5, 5.41) is 10.1. The van der Waals surface area contributed by atoms with Crippen LogP contribution in [0.3, 0.4) is 0 Å². The van der Waals surface area contributed by atoms with Gasteiger partial charge in [0.1, 0.15) is 9.84 Å². The van der Waals surface area contributed by atoms with Crippen molar-refractivity contribution in [3.63, 3.8) is 0 Å². The van der Waals surface area contributed by atoms with Gasteiger partial charge in [-0.1, -0.05) is 0 Å². The molecule has 2 rings (SSSR count). The average molecular weight is 278 g/mol. The first kappa shape index (κ1) is 14.2. The van der Waals surface area contributed by atoms with Crippen LogP contribution in [0.1, 0.15) is 25.7 Å². The maximum Gasteiger partial charge on any atom is 0.150 e. The van der Waals surface area contributed by atoms with Crippen LogP contribution in [0.5, 0.6) is 0 Å². The first-order chi connectivity index (χ1) is 8.40. The van der Waals surface area contributed by atoms with E-state index in [-0.39, 0.29) is 17.3 Å². The highest BCUT2D eigenvalue weighted by Crippen LogP contribution is 2.38. The molecule has 0 bridgehead atoms. The maximum absolute atomic E-state index is 11.2. The third-order valence-corrected chi connectivity index (χ3v) is 4.90. The van der Waals surface area contributed by atoms with E-state index in [0.717, 1.165) is 25.7 Å². The quantitative estimate of drug-likeness (QED) is 0.807. The van der Waals surface area contributed by atoms with Gasteiger partial charge in [-0.2, -0.15) is 0 Å². The molecule has 2 unspecified atom stereocenters. The molecule has 2 saturated heterocycles. The van der Waals surface area contributed by atoms with Crippen molar-refractivity contribution in [2.24, 2.45) is 5.92 Å². The van der Waals surface area contributed by atoms with Gasteiger partial charge in [-0.25, -0.2) is 8.42 Å². The van der Waals surface area contributed by atoms with Crippen LogP contribution in [0, 0.1) is 5.92 Å². The van der Waals surface area contributed by atoms with E-state index in [0.29, 0.717) is 19.8 Å². The smallest absolute Gasteiger partial charge is 0.150 e. The predicted molar refractivity (Wildman–Crippen MR) is 67.2 cm³/mol. The van der Waals surface area contributed by atoms with Gasteiger partial charge in [-0.15, -0.1) is 0 Å². The largest absolute Gasteiger partial charge is 0.392 e. The van der Waals surface area contributed by atoms with Crippen LogP contribution in [-0.2, 0) is 19.3 Å². The minimum Gasteiger partial charge on any atom is -0.392 e. The summed E-state index contributed by atoms with van der Waals surface area (Å²) in [7, 11) is -3.13. The lowest BCUT2D eigenvalue weighted by Crippen LogP contribution is -2.47. The summed E-state index contributed by atoms with van der Waals surface area (Å²) >= 11 is 0. The molecular formula is C12H22O5S. The van der Waals surface area contributed by atoms with Gasteiger partial charge in [0, 0.05) is 26.1 Å². The molecule has 2 atom stereocenters. The Morgan fingerprint density at radius 2 is 2.00 bits per heavy atom. The predicted octanol–water partition coefficient (Wildman–Crippen LogP) is 0.368. The second kappa shape index (κ2) is 5.45. The summed E-state index contributed by atoms with van der Waals surface area (Å²) < 4.78 is 33.7. The number of rotatable bonds is 3. The Kier molecular flexibility index (Phi) is 4.31. The van der Waals surface area contributed by atoms with Crippen LogP contribution >= 0.6 is 0 Å². The number of aliphatic hydroxyl groups excluding tert-OH is 1. The van der Waals surface area contributed by atoms with Crippen molar-refractivity contribution in [1.82, 2.24) is 0 Å². The van der Waals surface area contributed by atoms with Crippen molar-refractivity contribution in [3.05, 3.63) is 0 Å². The molecule has 2 fully saturated rings. The van der Waals surface area contributed by atoms with E-state index in [1.165, 1.54) is 6.26 Å². The van der Waals surface area contributed by atoms with Crippen molar-refractivity contribution in [3.8, 4) is 0 Å². The van der Waals surface area contributed by atoms with Crippen LogP contribution in [0.2, 0.25) is 0 Å². The summed E-state index contributed by atoms with van der Waals surface area (Å²) in [5.41, 5.74) is -0.195. The van der Waals surface area contributed by atoms with Gasteiger partial charge in [0.05, 0.1) is 17.5 Å². The molecule has 106 valence electrons. The lowest BCUT2D eigenvalue weighted by atomic mass is 9.79. The van der Waals surface area contributed by atoms with E-state index in [4.69, 9.17) is 9.47 Å². The SMILES string of the molecule is CS(=O)(=O)CC(O)C1CCOC2(CCOCC2)C1. The number of hydrogen-bond donors (Lipinski definition) is 1. The number of sulfone groups is 1. The van der Waals surface area contributed by atoms with Gasteiger partial charge in [0.25, 0.3) is 0 Å². The van der Waals surface area contributed by atoms with E-state index >= 15 is 0 Å². The molecule has 0 aromatic heterocycles. The Hall–Kier alpha value is -0.170. The first-order valence-corrected chi connectivity index (χ1v) is 8.54. The Balaban J connectivity index is 1.97. The third-order valence-electron chi connectivity index (χ3n) is 3.95. The molecular weight excluding hydrogens is 256 g/mol. The molecule has 0 radical (unpaired) electrons. The van der Waals surface area contributed by atoms with Crippen molar-refractivity contribution in [1.29, 1.82) is 0 Å². The molecule has 6 heteroatoms. The van der Waals surface area contributed by atoms with Crippen LogP contribution in [-0.4, -0.2) is 57.1 Å². The molecule has 1 spiro atoms. The monoisotopic (exact) mass is 278 g/mol. The van der Waals surface area contributed by atoms with Crippen molar-refractivity contribution in [2.75, 3.05) is 31.8 Å². The lowest BCUT2D eigenvalue weighted by Gasteiger charge is -2.44. The van der Waals surface area contributed by atoms with Gasteiger partial charge in [-0.05, 0) is 31.6 Å². The van der Waals surface area contributed by atoms with Gasteiger partial charge >= 0.3 is 0 Å². The summed E-state index contributed by atoms with van der Waals surface area (Å²) in [6.45, 7) is 1.98. The summed E-state index contributed by atoms with van der Waals surface area (Å²) in [6.07, 6.45) is 3.56. The Labute approximate surface area is 108 Å². The molecule has 0 amide bonds. The fourth-order valence-electron chi connectivity index (χ4n) is 2.93. The van der Waals surface area contributed by atoms with Crippen LogP contribution in [0.25, 0.3) is 0 Å².